The number of aromatic nitrogens is 1. The van der Waals surface area contributed by atoms with Crippen LogP contribution in [0.5, 0.6) is 0 Å². The average Bonchev–Trinajstić information content (AvgIpc) is 2.67. The number of amides is 1. The van der Waals surface area contributed by atoms with Gasteiger partial charge in [0.2, 0.25) is 5.91 Å². The fourth-order valence-corrected chi connectivity index (χ4v) is 3.48. The first-order valence-corrected chi connectivity index (χ1v) is 9.29. The highest BCUT2D eigenvalue weighted by atomic mass is 35.5. The third-order valence-electron chi connectivity index (χ3n) is 4.52. The number of rotatable bonds is 5. The second-order valence-corrected chi connectivity index (χ2v) is 7.04. The predicted molar refractivity (Wildman–Crippen MR) is 104 cm³/mol. The molecule has 0 radical (unpaired) electrons. The molecule has 26 heavy (non-hydrogen) atoms. The molecule has 0 spiro atoms. The molecule has 1 unspecified atom stereocenters. The Kier molecular flexibility index (Phi) is 6.35. The minimum Gasteiger partial charge on any atom is -0.367 e. The van der Waals surface area contributed by atoms with Gasteiger partial charge in [-0.1, -0.05) is 23.2 Å². The topological polar surface area (TPSA) is 45.7 Å². The van der Waals surface area contributed by atoms with E-state index >= 15 is 0 Å². The SMILES string of the molecule is CC(OCC(=O)N1CCN(c2ccc(Cl)cc2Cl)CC1)c1ccncc1. The lowest BCUT2D eigenvalue weighted by Gasteiger charge is -2.36. The summed E-state index contributed by atoms with van der Waals surface area (Å²) in [7, 11) is 0. The van der Waals surface area contributed by atoms with E-state index in [-0.39, 0.29) is 18.6 Å². The first-order valence-electron chi connectivity index (χ1n) is 8.54. The van der Waals surface area contributed by atoms with Crippen LogP contribution in [-0.4, -0.2) is 48.6 Å². The Morgan fingerprint density at radius 1 is 1.15 bits per heavy atom. The minimum absolute atomic E-state index is 0.00718. The lowest BCUT2D eigenvalue weighted by Crippen LogP contribution is -2.49. The van der Waals surface area contributed by atoms with Crippen LogP contribution in [0.2, 0.25) is 10.0 Å². The number of carbonyl (C=O) groups excluding carboxylic acids is 1. The Balaban J connectivity index is 1.49. The number of carbonyl (C=O) groups is 1. The minimum atomic E-state index is -0.142. The van der Waals surface area contributed by atoms with Crippen molar-refractivity contribution in [3.63, 3.8) is 0 Å². The molecule has 138 valence electrons. The lowest BCUT2D eigenvalue weighted by molar-refractivity contribution is -0.138. The van der Waals surface area contributed by atoms with Crippen LogP contribution >= 0.6 is 23.2 Å². The van der Waals surface area contributed by atoms with Crippen molar-refractivity contribution in [3.8, 4) is 0 Å². The molecule has 1 aliphatic rings. The maximum atomic E-state index is 12.4. The van der Waals surface area contributed by atoms with Crippen molar-refractivity contribution in [1.29, 1.82) is 0 Å². The summed E-state index contributed by atoms with van der Waals surface area (Å²) in [6.07, 6.45) is 3.30. The molecule has 2 aromatic rings. The molecule has 5 nitrogen and oxygen atoms in total. The molecule has 0 saturated carbocycles. The van der Waals surface area contributed by atoms with Crippen LogP contribution in [0.25, 0.3) is 0 Å². The van der Waals surface area contributed by atoms with Crippen molar-refractivity contribution in [1.82, 2.24) is 9.88 Å². The summed E-state index contributed by atoms with van der Waals surface area (Å²) in [5, 5.41) is 1.25. The fourth-order valence-electron chi connectivity index (χ4n) is 2.95. The van der Waals surface area contributed by atoms with Gasteiger partial charge in [0.05, 0.1) is 16.8 Å². The Hall–Kier alpha value is -1.82. The van der Waals surface area contributed by atoms with Gasteiger partial charge >= 0.3 is 0 Å². The number of nitrogens with zero attached hydrogens (tertiary/aromatic N) is 3. The standard InChI is InChI=1S/C19H21Cl2N3O2/c1-14(15-4-6-22-7-5-15)26-13-19(25)24-10-8-23(9-11-24)18-3-2-16(20)12-17(18)21/h2-7,12,14H,8-11,13H2,1H3. The average molecular weight is 394 g/mol. The van der Waals surface area contributed by atoms with Gasteiger partial charge < -0.3 is 14.5 Å². The molecule has 3 rings (SSSR count). The van der Waals surface area contributed by atoms with Crippen molar-refractivity contribution in [2.75, 3.05) is 37.7 Å². The molecule has 1 aromatic carbocycles. The van der Waals surface area contributed by atoms with Crippen molar-refractivity contribution >= 4 is 34.8 Å². The fraction of sp³-hybridized carbons (Fsp3) is 0.368. The number of anilines is 1. The summed E-state index contributed by atoms with van der Waals surface area (Å²) in [6.45, 7) is 4.75. The number of ether oxygens (including phenoxy) is 1. The molecule has 1 amide bonds. The van der Waals surface area contributed by atoms with E-state index in [1.807, 2.05) is 36.1 Å². The predicted octanol–water partition coefficient (Wildman–Crippen LogP) is 3.81. The highest BCUT2D eigenvalue weighted by molar-refractivity contribution is 6.36. The highest BCUT2D eigenvalue weighted by Crippen LogP contribution is 2.29. The van der Waals surface area contributed by atoms with Crippen molar-refractivity contribution in [3.05, 3.63) is 58.3 Å². The van der Waals surface area contributed by atoms with Crippen LogP contribution < -0.4 is 4.90 Å². The van der Waals surface area contributed by atoms with E-state index < -0.39 is 0 Å². The van der Waals surface area contributed by atoms with Crippen molar-refractivity contribution in [2.24, 2.45) is 0 Å². The van der Waals surface area contributed by atoms with Crippen LogP contribution in [0.15, 0.2) is 42.7 Å². The third-order valence-corrected chi connectivity index (χ3v) is 5.05. The van der Waals surface area contributed by atoms with Crippen molar-refractivity contribution < 1.29 is 9.53 Å². The van der Waals surface area contributed by atoms with Gasteiger partial charge in [0.15, 0.2) is 0 Å². The first kappa shape index (κ1) is 19.0. The first-order chi connectivity index (χ1) is 12.5. The highest BCUT2D eigenvalue weighted by Gasteiger charge is 2.23. The van der Waals surface area contributed by atoms with Crippen LogP contribution in [0.1, 0.15) is 18.6 Å². The number of hydrogen-bond acceptors (Lipinski definition) is 4. The number of piperazine rings is 1. The summed E-state index contributed by atoms with van der Waals surface area (Å²) < 4.78 is 5.72. The van der Waals surface area contributed by atoms with Gasteiger partial charge in [-0.05, 0) is 42.8 Å². The monoisotopic (exact) mass is 393 g/mol. The Morgan fingerprint density at radius 3 is 2.50 bits per heavy atom. The molecular formula is C19H21Cl2N3O2. The molecule has 1 atom stereocenters. The third kappa shape index (κ3) is 4.67. The lowest BCUT2D eigenvalue weighted by atomic mass is 10.2. The van der Waals surface area contributed by atoms with Gasteiger partial charge in [-0.25, -0.2) is 0 Å². The van der Waals surface area contributed by atoms with E-state index in [0.29, 0.717) is 23.1 Å². The van der Waals surface area contributed by atoms with E-state index in [0.717, 1.165) is 24.3 Å². The van der Waals surface area contributed by atoms with E-state index in [4.69, 9.17) is 27.9 Å². The maximum absolute atomic E-state index is 12.4. The summed E-state index contributed by atoms with van der Waals surface area (Å²) in [4.78, 5) is 20.4. The van der Waals surface area contributed by atoms with Gasteiger partial charge in [0.25, 0.3) is 0 Å². The molecule has 7 heteroatoms. The smallest absolute Gasteiger partial charge is 0.248 e. The van der Waals surface area contributed by atoms with Crippen LogP contribution in [0.4, 0.5) is 5.69 Å². The molecule has 1 fully saturated rings. The second-order valence-electron chi connectivity index (χ2n) is 6.20. The summed E-state index contributed by atoms with van der Waals surface area (Å²) >= 11 is 12.2. The molecule has 2 heterocycles. The molecule has 1 aliphatic heterocycles. The van der Waals surface area contributed by atoms with E-state index in [2.05, 4.69) is 9.88 Å². The maximum Gasteiger partial charge on any atom is 0.248 e. The Bertz CT molecular complexity index is 750. The number of hydrogen-bond donors (Lipinski definition) is 0. The van der Waals surface area contributed by atoms with Crippen LogP contribution in [0.3, 0.4) is 0 Å². The number of benzene rings is 1. The zero-order valence-corrected chi connectivity index (χ0v) is 16.1. The largest absolute Gasteiger partial charge is 0.367 e. The molecule has 0 N–H and O–H groups in total. The molecule has 1 saturated heterocycles. The number of pyridine rings is 1. The summed E-state index contributed by atoms with van der Waals surface area (Å²) in [6, 6.07) is 9.27. The van der Waals surface area contributed by atoms with Crippen LogP contribution in [0, 0.1) is 0 Å². The van der Waals surface area contributed by atoms with Gasteiger partial charge in [-0.2, -0.15) is 0 Å². The van der Waals surface area contributed by atoms with Gasteiger partial charge in [0, 0.05) is 43.6 Å². The normalized spacial score (nSPS) is 15.8. The second kappa shape index (κ2) is 8.71. The molecule has 1 aromatic heterocycles. The summed E-state index contributed by atoms with van der Waals surface area (Å²) in [5.41, 5.74) is 1.96. The molecular weight excluding hydrogens is 373 g/mol. The zero-order chi connectivity index (χ0) is 18.5. The molecule has 0 bridgehead atoms. The quantitative estimate of drug-likeness (QED) is 0.774. The van der Waals surface area contributed by atoms with Gasteiger partial charge in [-0.3, -0.25) is 9.78 Å². The van der Waals surface area contributed by atoms with Gasteiger partial charge in [-0.15, -0.1) is 0 Å². The van der Waals surface area contributed by atoms with E-state index in [1.165, 1.54) is 0 Å². The van der Waals surface area contributed by atoms with Crippen molar-refractivity contribution in [2.45, 2.75) is 13.0 Å². The summed E-state index contributed by atoms with van der Waals surface area (Å²) in [5.74, 6) is 0.00718. The van der Waals surface area contributed by atoms with E-state index in [9.17, 15) is 4.79 Å². The molecule has 0 aliphatic carbocycles. The Morgan fingerprint density at radius 2 is 1.85 bits per heavy atom. The van der Waals surface area contributed by atoms with Crippen LogP contribution in [-0.2, 0) is 9.53 Å². The van der Waals surface area contributed by atoms with Gasteiger partial charge in [0.1, 0.15) is 6.61 Å². The zero-order valence-electron chi connectivity index (χ0n) is 14.6. The van der Waals surface area contributed by atoms with E-state index in [1.54, 1.807) is 18.5 Å². The number of halogens is 2. The Labute approximate surface area is 163 Å².